The Balaban J connectivity index is 1.71. The van der Waals surface area contributed by atoms with Gasteiger partial charge in [-0.1, -0.05) is 107 Å². The molecule has 0 saturated carbocycles. The summed E-state index contributed by atoms with van der Waals surface area (Å²) < 4.78 is 5.55. The number of aromatic hydroxyl groups is 1. The molecule has 0 aliphatic heterocycles. The van der Waals surface area contributed by atoms with Gasteiger partial charge >= 0.3 is 5.63 Å². The van der Waals surface area contributed by atoms with Crippen LogP contribution in [0.1, 0.15) is 88.2 Å². The van der Waals surface area contributed by atoms with Crippen molar-refractivity contribution in [2.24, 2.45) is 0 Å². The molecule has 3 nitrogen and oxygen atoms in total. The van der Waals surface area contributed by atoms with Crippen LogP contribution in [0.25, 0.3) is 11.0 Å². The number of hydrogen-bond donors (Lipinski definition) is 1. The summed E-state index contributed by atoms with van der Waals surface area (Å²) in [6.07, 6.45) is 12.2. The standard InChI is InChI=1S/C27H34O3/c1-2-3-4-5-6-7-8-9-13-18-22(21-16-11-10-12-17-21)25-26(28)23-19-14-15-20-24(23)30-27(25)29/h10-12,14-17,19-20,22,28H,2-9,13,18H2,1H3. The second-order valence-electron chi connectivity index (χ2n) is 8.23. The lowest BCUT2D eigenvalue weighted by atomic mass is 9.86. The highest BCUT2D eigenvalue weighted by Gasteiger charge is 2.24. The van der Waals surface area contributed by atoms with Crippen LogP contribution in [0, 0.1) is 0 Å². The molecule has 0 aliphatic rings. The van der Waals surface area contributed by atoms with Crippen molar-refractivity contribution in [1.29, 1.82) is 0 Å². The van der Waals surface area contributed by atoms with Gasteiger partial charge in [0, 0.05) is 5.92 Å². The Hall–Kier alpha value is -2.55. The topological polar surface area (TPSA) is 50.4 Å². The molecule has 0 aliphatic carbocycles. The van der Waals surface area contributed by atoms with Crippen molar-refractivity contribution >= 4 is 11.0 Å². The Labute approximate surface area is 179 Å². The maximum atomic E-state index is 12.8. The van der Waals surface area contributed by atoms with Crippen LogP contribution in [0.4, 0.5) is 0 Å². The van der Waals surface area contributed by atoms with Crippen molar-refractivity contribution < 1.29 is 9.52 Å². The minimum atomic E-state index is -0.434. The highest BCUT2D eigenvalue weighted by Crippen LogP contribution is 2.37. The van der Waals surface area contributed by atoms with Crippen LogP contribution in [-0.2, 0) is 0 Å². The first-order valence-corrected chi connectivity index (χ1v) is 11.5. The number of benzene rings is 2. The summed E-state index contributed by atoms with van der Waals surface area (Å²) in [5.74, 6) is -0.0942. The SMILES string of the molecule is CCCCCCCCCCCC(c1ccccc1)c1c(O)c2ccccc2oc1=O. The van der Waals surface area contributed by atoms with Gasteiger partial charge in [-0.15, -0.1) is 0 Å². The largest absolute Gasteiger partial charge is 0.507 e. The third kappa shape index (κ3) is 5.75. The van der Waals surface area contributed by atoms with Crippen molar-refractivity contribution in [3.63, 3.8) is 0 Å². The van der Waals surface area contributed by atoms with Crippen molar-refractivity contribution in [3.05, 3.63) is 76.1 Å². The molecule has 1 N–H and O–H groups in total. The molecule has 0 bridgehead atoms. The van der Waals surface area contributed by atoms with Crippen molar-refractivity contribution in [3.8, 4) is 5.75 Å². The zero-order valence-electron chi connectivity index (χ0n) is 18.1. The Morgan fingerprint density at radius 3 is 2.10 bits per heavy atom. The van der Waals surface area contributed by atoms with E-state index in [1.54, 1.807) is 18.2 Å². The number of fused-ring (bicyclic) bond motifs is 1. The lowest BCUT2D eigenvalue weighted by Crippen LogP contribution is -2.14. The van der Waals surface area contributed by atoms with Gasteiger partial charge in [0.15, 0.2) is 0 Å². The summed E-state index contributed by atoms with van der Waals surface area (Å²) in [6, 6.07) is 17.2. The second kappa shape index (κ2) is 11.6. The maximum Gasteiger partial charge on any atom is 0.343 e. The quantitative estimate of drug-likeness (QED) is 0.249. The van der Waals surface area contributed by atoms with E-state index in [4.69, 9.17) is 4.42 Å². The molecule has 0 spiro atoms. The molecule has 3 aromatic rings. The van der Waals surface area contributed by atoms with Crippen molar-refractivity contribution in [2.45, 2.75) is 77.0 Å². The van der Waals surface area contributed by atoms with E-state index in [2.05, 4.69) is 6.92 Å². The number of unbranched alkanes of at least 4 members (excludes halogenated alkanes) is 8. The molecule has 1 unspecified atom stereocenters. The molecule has 0 radical (unpaired) electrons. The molecule has 0 amide bonds. The van der Waals surface area contributed by atoms with Gasteiger partial charge in [-0.25, -0.2) is 4.79 Å². The average molecular weight is 407 g/mol. The Morgan fingerprint density at radius 2 is 1.40 bits per heavy atom. The van der Waals surface area contributed by atoms with E-state index in [1.165, 1.54) is 44.9 Å². The summed E-state index contributed by atoms with van der Waals surface area (Å²) >= 11 is 0. The van der Waals surface area contributed by atoms with Gasteiger partial charge in [0.25, 0.3) is 0 Å². The first-order chi connectivity index (χ1) is 14.7. The number of hydrogen-bond acceptors (Lipinski definition) is 3. The van der Waals surface area contributed by atoms with Crippen molar-refractivity contribution in [1.82, 2.24) is 0 Å². The van der Waals surface area contributed by atoms with Crippen molar-refractivity contribution in [2.75, 3.05) is 0 Å². The summed E-state index contributed by atoms with van der Waals surface area (Å²) in [7, 11) is 0. The van der Waals surface area contributed by atoms with Gasteiger partial charge < -0.3 is 9.52 Å². The Kier molecular flexibility index (Phi) is 8.55. The number of rotatable bonds is 12. The summed E-state index contributed by atoms with van der Waals surface area (Å²) in [4.78, 5) is 12.8. The summed E-state index contributed by atoms with van der Waals surface area (Å²) in [5, 5.41) is 11.5. The Morgan fingerprint density at radius 1 is 0.800 bits per heavy atom. The van der Waals surface area contributed by atoms with E-state index in [9.17, 15) is 9.90 Å². The lowest BCUT2D eigenvalue weighted by Gasteiger charge is -2.18. The zero-order valence-corrected chi connectivity index (χ0v) is 18.1. The fraction of sp³-hybridized carbons (Fsp3) is 0.444. The van der Waals surface area contributed by atoms with E-state index in [0.29, 0.717) is 16.5 Å². The van der Waals surface area contributed by atoms with Gasteiger partial charge in [0.1, 0.15) is 11.3 Å². The predicted octanol–water partition coefficient (Wildman–Crippen LogP) is 7.55. The summed E-state index contributed by atoms with van der Waals surface area (Å²) in [5.41, 5.74) is 1.43. The zero-order chi connectivity index (χ0) is 21.2. The van der Waals surface area contributed by atoms with Crippen LogP contribution in [0.15, 0.2) is 63.8 Å². The average Bonchev–Trinajstić information content (AvgIpc) is 2.77. The number of para-hydroxylation sites is 1. The Bertz CT molecular complexity index is 959. The molecule has 30 heavy (non-hydrogen) atoms. The maximum absolute atomic E-state index is 12.8. The van der Waals surface area contributed by atoms with Gasteiger partial charge in [0.05, 0.1) is 10.9 Å². The molecule has 1 aromatic heterocycles. The van der Waals surface area contributed by atoms with Gasteiger partial charge in [-0.3, -0.25) is 0 Å². The van der Waals surface area contributed by atoms with Crippen LogP contribution < -0.4 is 5.63 Å². The monoisotopic (exact) mass is 406 g/mol. The van der Waals surface area contributed by atoms with E-state index < -0.39 is 5.63 Å². The van der Waals surface area contributed by atoms with Crippen LogP contribution in [0.3, 0.4) is 0 Å². The van der Waals surface area contributed by atoms with E-state index in [0.717, 1.165) is 24.8 Å². The van der Waals surface area contributed by atoms with E-state index in [1.807, 2.05) is 36.4 Å². The third-order valence-electron chi connectivity index (χ3n) is 5.97. The molecule has 0 saturated heterocycles. The molecule has 160 valence electrons. The molecule has 0 fully saturated rings. The van der Waals surface area contributed by atoms with Crippen LogP contribution >= 0.6 is 0 Å². The van der Waals surface area contributed by atoms with Crippen LogP contribution in [0.2, 0.25) is 0 Å². The predicted molar refractivity (Wildman–Crippen MR) is 124 cm³/mol. The summed E-state index contributed by atoms with van der Waals surface area (Å²) in [6.45, 7) is 2.25. The molecule has 1 heterocycles. The normalized spacial score (nSPS) is 12.3. The third-order valence-corrected chi connectivity index (χ3v) is 5.97. The highest BCUT2D eigenvalue weighted by molar-refractivity contribution is 5.84. The molecule has 2 aromatic carbocycles. The van der Waals surface area contributed by atoms with Gasteiger partial charge in [0.2, 0.25) is 0 Å². The van der Waals surface area contributed by atoms with Gasteiger partial charge in [-0.05, 0) is 24.1 Å². The highest BCUT2D eigenvalue weighted by atomic mass is 16.4. The molecule has 3 heteroatoms. The molecule has 1 atom stereocenters. The van der Waals surface area contributed by atoms with Crippen LogP contribution in [0.5, 0.6) is 5.75 Å². The first kappa shape index (κ1) is 22.1. The van der Waals surface area contributed by atoms with E-state index >= 15 is 0 Å². The minimum absolute atomic E-state index is 0.0617. The van der Waals surface area contributed by atoms with Gasteiger partial charge in [-0.2, -0.15) is 0 Å². The molecule has 3 rings (SSSR count). The smallest absolute Gasteiger partial charge is 0.343 e. The lowest BCUT2D eigenvalue weighted by molar-refractivity contribution is 0.445. The van der Waals surface area contributed by atoms with Crippen LogP contribution in [-0.4, -0.2) is 5.11 Å². The fourth-order valence-electron chi connectivity index (χ4n) is 4.28. The minimum Gasteiger partial charge on any atom is -0.507 e. The van der Waals surface area contributed by atoms with E-state index in [-0.39, 0.29) is 11.7 Å². The first-order valence-electron chi connectivity index (χ1n) is 11.5. The molecular weight excluding hydrogens is 372 g/mol. The second-order valence-corrected chi connectivity index (χ2v) is 8.23. The fourth-order valence-corrected chi connectivity index (χ4v) is 4.28. The molecular formula is C27H34O3.